The number of aliphatic carboxylic acids is 1. The molecule has 0 saturated carbocycles. The van der Waals surface area contributed by atoms with Gasteiger partial charge in [-0.3, -0.25) is 0 Å². The van der Waals surface area contributed by atoms with Crippen molar-refractivity contribution < 1.29 is 31.1 Å². The normalized spacial score (nSPS) is 14.3. The molecule has 0 unspecified atom stereocenters. The van der Waals surface area contributed by atoms with Gasteiger partial charge in [-0.05, 0) is 0 Å². The maximum atomic E-state index is 10.8. The molecule has 0 fully saturated rings. The van der Waals surface area contributed by atoms with Gasteiger partial charge in [0.25, 0.3) is 0 Å². The van der Waals surface area contributed by atoms with Gasteiger partial charge in [-0.15, -0.1) is 0 Å². The zero-order chi connectivity index (χ0) is 15.4. The quantitative estimate of drug-likeness (QED) is 0.562. The summed E-state index contributed by atoms with van der Waals surface area (Å²) in [5.74, 6) is -0.794. The number of alkyl halides is 1. The molecule has 0 spiro atoms. The zero-order valence-corrected chi connectivity index (χ0v) is 14.1. The number of halogens is 1. The third-order valence-corrected chi connectivity index (χ3v) is 5.18. The molecule has 0 atom stereocenters. The van der Waals surface area contributed by atoms with Crippen molar-refractivity contribution in [2.24, 2.45) is 0 Å². The van der Waals surface area contributed by atoms with Gasteiger partial charge >= 0.3 is 139 Å². The number of allylic oxidation sites excluding steroid dienone is 3. The van der Waals surface area contributed by atoms with E-state index in [2.05, 4.69) is 33.5 Å². The molecule has 2 heterocycles. The van der Waals surface area contributed by atoms with Crippen molar-refractivity contribution >= 4 is 11.7 Å². The molecule has 0 saturated heterocycles. The Morgan fingerprint density at radius 3 is 2.82 bits per heavy atom. The minimum atomic E-state index is -0.794. The van der Waals surface area contributed by atoms with Gasteiger partial charge < -0.3 is 0 Å². The van der Waals surface area contributed by atoms with Crippen molar-refractivity contribution in [3.8, 4) is 11.3 Å². The molecule has 1 aliphatic heterocycles. The van der Waals surface area contributed by atoms with Gasteiger partial charge in [0.1, 0.15) is 0 Å². The van der Waals surface area contributed by atoms with E-state index in [-0.39, 0.29) is 27.6 Å². The number of benzene rings is 1. The number of rotatable bonds is 5. The molecule has 1 aliphatic rings. The van der Waals surface area contributed by atoms with Crippen molar-refractivity contribution in [1.82, 2.24) is 9.78 Å². The van der Waals surface area contributed by atoms with Crippen molar-refractivity contribution in [2.75, 3.05) is 4.43 Å². The van der Waals surface area contributed by atoms with Gasteiger partial charge in [0, 0.05) is 0 Å². The summed E-state index contributed by atoms with van der Waals surface area (Å²) in [6.45, 7) is 0. The molecule has 0 amide bonds. The molecule has 22 heavy (non-hydrogen) atoms. The average molecular weight is 407 g/mol. The molecule has 3 rings (SSSR count). The zero-order valence-electron chi connectivity index (χ0n) is 11.9. The summed E-state index contributed by atoms with van der Waals surface area (Å²) in [6, 6.07) is 12.1. The van der Waals surface area contributed by atoms with Crippen LogP contribution >= 0.6 is 0 Å². The number of hydrogen-bond acceptors (Lipinski definition) is 2. The molecule has 1 aromatic heterocycles. The third-order valence-electron chi connectivity index (χ3n) is 3.37. The second kappa shape index (κ2) is 6.91. The molecule has 0 bridgehead atoms. The van der Waals surface area contributed by atoms with Gasteiger partial charge in [-0.2, -0.15) is 0 Å². The van der Waals surface area contributed by atoms with Crippen LogP contribution in [-0.4, -0.2) is 25.3 Å². The first-order chi connectivity index (χ1) is 10.7. The van der Waals surface area contributed by atoms with Gasteiger partial charge in [0.05, 0.1) is 0 Å². The first-order valence-electron chi connectivity index (χ1n) is 7.05. The Balaban J connectivity index is 2.00. The van der Waals surface area contributed by atoms with E-state index in [1.807, 2.05) is 28.9 Å². The number of aromatic nitrogens is 2. The van der Waals surface area contributed by atoms with Crippen LogP contribution in [-0.2, 0) is 11.2 Å². The summed E-state index contributed by atoms with van der Waals surface area (Å²) in [5.41, 5.74) is 3.99. The maximum absolute atomic E-state index is 10.8. The predicted molar refractivity (Wildman–Crippen MR) is 81.9 cm³/mol. The van der Waals surface area contributed by atoms with Crippen LogP contribution in [0.4, 0.5) is 0 Å². The average Bonchev–Trinajstić information content (AvgIpc) is 2.99. The minimum absolute atomic E-state index is 0.103. The SMILES string of the molecule is O=C(O)CCc1cc(-c2ccccc2)n(C2=CC[I-]C=C2)n1. The molecular weight excluding hydrogens is 391 g/mol. The molecule has 0 radical (unpaired) electrons. The van der Waals surface area contributed by atoms with Crippen LogP contribution in [0.25, 0.3) is 17.0 Å². The molecule has 4 nitrogen and oxygen atoms in total. The van der Waals surface area contributed by atoms with E-state index < -0.39 is 5.97 Å². The number of carbonyl (C=O) groups is 1. The van der Waals surface area contributed by atoms with E-state index in [0.717, 1.165) is 27.1 Å². The summed E-state index contributed by atoms with van der Waals surface area (Å²) in [7, 11) is 0. The second-order valence-electron chi connectivity index (χ2n) is 4.92. The molecular formula is C17H16IN2O2-. The van der Waals surface area contributed by atoms with E-state index in [1.54, 1.807) is 0 Å². The van der Waals surface area contributed by atoms with E-state index in [0.29, 0.717) is 6.42 Å². The number of hydrogen-bond donors (Lipinski definition) is 1. The third kappa shape index (κ3) is 3.47. The van der Waals surface area contributed by atoms with Gasteiger partial charge in [0.15, 0.2) is 0 Å². The van der Waals surface area contributed by atoms with Crippen molar-refractivity contribution in [1.29, 1.82) is 0 Å². The fourth-order valence-electron chi connectivity index (χ4n) is 2.31. The van der Waals surface area contributed by atoms with Crippen LogP contribution in [0.5, 0.6) is 0 Å². The number of aryl methyl sites for hydroxylation is 1. The molecule has 114 valence electrons. The first-order valence-corrected chi connectivity index (χ1v) is 9.82. The molecule has 5 heteroatoms. The van der Waals surface area contributed by atoms with Crippen LogP contribution in [0.2, 0.25) is 0 Å². The molecule has 1 N–H and O–H groups in total. The van der Waals surface area contributed by atoms with Crippen LogP contribution in [0.3, 0.4) is 0 Å². The van der Waals surface area contributed by atoms with Crippen LogP contribution in [0.1, 0.15) is 12.1 Å². The standard InChI is InChI=1S/C17H16IN2O2/c21-17(22)7-6-14-12-16(13-4-2-1-3-5-13)20(19-14)15-8-10-18-11-9-15/h1-5,8-10,12H,6-7,11H2,(H,21,22)/q-1. The van der Waals surface area contributed by atoms with Gasteiger partial charge in [-0.1, -0.05) is 0 Å². The fraction of sp³-hybridized carbons (Fsp3) is 0.176. The van der Waals surface area contributed by atoms with Crippen molar-refractivity contribution in [3.05, 3.63) is 58.3 Å². The predicted octanol–water partition coefficient (Wildman–Crippen LogP) is 0.0245. The van der Waals surface area contributed by atoms with Crippen molar-refractivity contribution in [2.45, 2.75) is 12.8 Å². The molecule has 1 aromatic carbocycles. The van der Waals surface area contributed by atoms with Crippen LogP contribution < -0.4 is 21.2 Å². The molecule has 0 aliphatic carbocycles. The summed E-state index contributed by atoms with van der Waals surface area (Å²) < 4.78 is 5.30. The Kier molecular flexibility index (Phi) is 4.72. The Morgan fingerprint density at radius 1 is 1.32 bits per heavy atom. The monoisotopic (exact) mass is 407 g/mol. The molecule has 2 aromatic rings. The summed E-state index contributed by atoms with van der Waals surface area (Å²) in [4.78, 5) is 10.8. The van der Waals surface area contributed by atoms with E-state index in [4.69, 9.17) is 5.11 Å². The van der Waals surface area contributed by atoms with Crippen LogP contribution in [0, 0.1) is 0 Å². The van der Waals surface area contributed by atoms with Crippen molar-refractivity contribution in [3.63, 3.8) is 0 Å². The Bertz CT molecular complexity index is 732. The Morgan fingerprint density at radius 2 is 2.14 bits per heavy atom. The first kappa shape index (κ1) is 15.0. The number of carboxylic acid groups (broad SMARTS) is 1. The Labute approximate surface area is 139 Å². The number of carboxylic acids is 1. The summed E-state index contributed by atoms with van der Waals surface area (Å²) in [6.07, 6.45) is 4.89. The van der Waals surface area contributed by atoms with Gasteiger partial charge in [-0.25, -0.2) is 0 Å². The fourth-order valence-corrected chi connectivity index (χ4v) is 3.93. The second-order valence-corrected chi connectivity index (χ2v) is 7.40. The number of nitrogens with zero attached hydrogens (tertiary/aromatic N) is 2. The van der Waals surface area contributed by atoms with Gasteiger partial charge in [0.2, 0.25) is 0 Å². The summed E-state index contributed by atoms with van der Waals surface area (Å²) in [5, 5.41) is 13.5. The summed E-state index contributed by atoms with van der Waals surface area (Å²) >= 11 is 0.146. The van der Waals surface area contributed by atoms with Crippen LogP contribution in [0.15, 0.2) is 52.6 Å². The van der Waals surface area contributed by atoms with E-state index in [1.165, 1.54) is 0 Å². The van der Waals surface area contributed by atoms with E-state index >= 15 is 0 Å². The Hall–Kier alpha value is -1.89. The topological polar surface area (TPSA) is 55.1 Å². The van der Waals surface area contributed by atoms with E-state index in [9.17, 15) is 4.79 Å².